The summed E-state index contributed by atoms with van der Waals surface area (Å²) in [5.74, 6) is 1.04. The van der Waals surface area contributed by atoms with Crippen LogP contribution in [0.3, 0.4) is 0 Å². The number of benzene rings is 2. The lowest BCUT2D eigenvalue weighted by atomic mass is 10.1. The average molecular weight is 398 g/mol. The van der Waals surface area contributed by atoms with Gasteiger partial charge >= 0.3 is 5.69 Å². The highest BCUT2D eigenvalue weighted by molar-refractivity contribution is 5.86. The van der Waals surface area contributed by atoms with E-state index in [1.54, 1.807) is 36.4 Å². The Hall–Kier alpha value is -3.22. The summed E-state index contributed by atoms with van der Waals surface area (Å²) in [6.07, 6.45) is 3.47. The van der Waals surface area contributed by atoms with Crippen molar-refractivity contribution in [3.8, 4) is 17.2 Å². The fourth-order valence-electron chi connectivity index (χ4n) is 3.21. The van der Waals surface area contributed by atoms with Gasteiger partial charge in [-0.1, -0.05) is 31.9 Å². The number of phenols is 1. The van der Waals surface area contributed by atoms with Crippen LogP contribution in [0.2, 0.25) is 0 Å². The maximum absolute atomic E-state index is 13.0. The third kappa shape index (κ3) is 4.62. The molecule has 2 N–H and O–H groups in total. The third-order valence-electron chi connectivity index (χ3n) is 4.85. The van der Waals surface area contributed by atoms with Crippen molar-refractivity contribution in [3.63, 3.8) is 0 Å². The van der Waals surface area contributed by atoms with E-state index in [0.29, 0.717) is 35.4 Å². The molecule has 0 amide bonds. The molecule has 0 atom stereocenters. The van der Waals surface area contributed by atoms with Crippen LogP contribution < -0.4 is 20.7 Å². The quantitative estimate of drug-likeness (QED) is 0.540. The molecule has 7 heteroatoms. The number of aryl methyl sites for hydroxylation is 1. The number of methoxy groups -OCH3 is 1. The van der Waals surface area contributed by atoms with Crippen LogP contribution in [0.25, 0.3) is 10.9 Å². The number of nitrogens with zero attached hydrogens (tertiary/aromatic N) is 1. The van der Waals surface area contributed by atoms with Gasteiger partial charge in [-0.25, -0.2) is 4.79 Å². The van der Waals surface area contributed by atoms with Gasteiger partial charge < -0.3 is 19.6 Å². The molecule has 0 saturated carbocycles. The molecule has 0 aliphatic carbocycles. The van der Waals surface area contributed by atoms with Crippen molar-refractivity contribution >= 4 is 10.9 Å². The number of aromatic nitrogens is 2. The Labute approximate surface area is 168 Å². The number of unbranched alkanes of at least 4 members (excludes halogenated alkanes) is 2. The van der Waals surface area contributed by atoms with Crippen LogP contribution in [0.15, 0.2) is 46.0 Å². The molecule has 0 aliphatic heterocycles. The Morgan fingerprint density at radius 3 is 2.52 bits per heavy atom. The Morgan fingerprint density at radius 1 is 1.07 bits per heavy atom. The van der Waals surface area contributed by atoms with Gasteiger partial charge in [-0.2, -0.15) is 0 Å². The number of fused-ring (bicyclic) bond motifs is 1. The number of nitrogens with one attached hydrogen (secondary N) is 1. The van der Waals surface area contributed by atoms with Crippen molar-refractivity contribution in [2.24, 2.45) is 0 Å². The van der Waals surface area contributed by atoms with E-state index in [-0.39, 0.29) is 17.9 Å². The van der Waals surface area contributed by atoms with Crippen molar-refractivity contribution in [2.75, 3.05) is 13.7 Å². The molecule has 3 aromatic rings. The summed E-state index contributed by atoms with van der Waals surface area (Å²) in [5.41, 5.74) is 0.414. The van der Waals surface area contributed by atoms with E-state index in [9.17, 15) is 14.7 Å². The summed E-state index contributed by atoms with van der Waals surface area (Å²) < 4.78 is 12.4. The summed E-state index contributed by atoms with van der Waals surface area (Å²) in [5, 5.41) is 9.75. The lowest BCUT2D eigenvalue weighted by Gasteiger charge is -2.14. The van der Waals surface area contributed by atoms with Crippen LogP contribution in [0.4, 0.5) is 0 Å². The first-order valence-electron chi connectivity index (χ1n) is 9.79. The zero-order chi connectivity index (χ0) is 20.8. The minimum Gasteiger partial charge on any atom is -0.508 e. The van der Waals surface area contributed by atoms with E-state index in [0.717, 1.165) is 24.8 Å². The molecule has 0 fully saturated rings. The highest BCUT2D eigenvalue weighted by Crippen LogP contribution is 2.32. The molecule has 0 aliphatic rings. The van der Waals surface area contributed by atoms with Crippen molar-refractivity contribution in [1.82, 2.24) is 9.55 Å². The third-order valence-corrected chi connectivity index (χ3v) is 4.85. The minimum absolute atomic E-state index is 0.176. The molecule has 0 radical (unpaired) electrons. The number of aromatic amines is 1. The van der Waals surface area contributed by atoms with Crippen LogP contribution in [-0.4, -0.2) is 28.4 Å². The first kappa shape index (κ1) is 20.5. The number of hydrogen-bond acceptors (Lipinski definition) is 5. The van der Waals surface area contributed by atoms with E-state index in [4.69, 9.17) is 9.47 Å². The molecule has 3 rings (SSSR count). The van der Waals surface area contributed by atoms with Gasteiger partial charge in [0.25, 0.3) is 5.56 Å². The Kier molecular flexibility index (Phi) is 6.59. The van der Waals surface area contributed by atoms with Gasteiger partial charge in [0.15, 0.2) is 11.5 Å². The molecule has 154 valence electrons. The topological polar surface area (TPSA) is 93.5 Å². The standard InChI is InChI=1S/C22H26N2O5/c1-3-4-5-14-29-20-18(28-2)11-10-17-19(20)23-22(27)24(21(17)26)13-12-15-6-8-16(25)9-7-15/h6-11,25H,3-5,12-14H2,1-2H3,(H,23,27). The van der Waals surface area contributed by atoms with Crippen molar-refractivity contribution < 1.29 is 14.6 Å². The molecule has 7 nitrogen and oxygen atoms in total. The second-order valence-electron chi connectivity index (χ2n) is 6.88. The lowest BCUT2D eigenvalue weighted by molar-refractivity contribution is 0.289. The summed E-state index contributed by atoms with van der Waals surface area (Å²) >= 11 is 0. The zero-order valence-electron chi connectivity index (χ0n) is 16.7. The average Bonchev–Trinajstić information content (AvgIpc) is 2.72. The fraction of sp³-hybridized carbons (Fsp3) is 0.364. The van der Waals surface area contributed by atoms with Crippen LogP contribution >= 0.6 is 0 Å². The summed E-state index contributed by atoms with van der Waals surface area (Å²) in [4.78, 5) is 28.4. The predicted molar refractivity (Wildman–Crippen MR) is 112 cm³/mol. The van der Waals surface area contributed by atoms with Crippen molar-refractivity contribution in [1.29, 1.82) is 0 Å². The van der Waals surface area contributed by atoms with Crippen molar-refractivity contribution in [3.05, 3.63) is 62.8 Å². The molecular formula is C22H26N2O5. The van der Waals surface area contributed by atoms with Crippen LogP contribution in [0.1, 0.15) is 31.7 Å². The zero-order valence-corrected chi connectivity index (χ0v) is 16.7. The second kappa shape index (κ2) is 9.32. The van der Waals surface area contributed by atoms with E-state index >= 15 is 0 Å². The highest BCUT2D eigenvalue weighted by Gasteiger charge is 2.16. The molecule has 0 spiro atoms. The number of H-pyrrole nitrogens is 1. The van der Waals surface area contributed by atoms with Gasteiger partial charge in [-0.05, 0) is 42.7 Å². The summed E-state index contributed by atoms with van der Waals surface area (Å²) in [7, 11) is 1.52. The Balaban J connectivity index is 1.94. The Bertz CT molecular complexity index is 1080. The Morgan fingerprint density at radius 2 is 1.83 bits per heavy atom. The van der Waals surface area contributed by atoms with Crippen LogP contribution in [0.5, 0.6) is 17.2 Å². The minimum atomic E-state index is -0.493. The SMILES string of the molecule is CCCCCOc1c(OC)ccc2c(=O)n(CCc3ccc(O)cc3)c(=O)[nH]c12. The molecule has 1 heterocycles. The molecular weight excluding hydrogens is 372 g/mol. The van der Waals surface area contributed by atoms with E-state index in [2.05, 4.69) is 11.9 Å². The number of aromatic hydroxyl groups is 1. The number of hydrogen-bond donors (Lipinski definition) is 2. The second-order valence-corrected chi connectivity index (χ2v) is 6.88. The molecule has 0 saturated heterocycles. The maximum atomic E-state index is 13.0. The highest BCUT2D eigenvalue weighted by atomic mass is 16.5. The van der Waals surface area contributed by atoms with E-state index < -0.39 is 5.69 Å². The normalized spacial score (nSPS) is 11.0. The molecule has 0 unspecified atom stereocenters. The van der Waals surface area contributed by atoms with E-state index in [1.165, 1.54) is 11.7 Å². The maximum Gasteiger partial charge on any atom is 0.328 e. The molecule has 1 aromatic heterocycles. The molecule has 29 heavy (non-hydrogen) atoms. The van der Waals surface area contributed by atoms with Gasteiger partial charge in [0.1, 0.15) is 11.3 Å². The largest absolute Gasteiger partial charge is 0.508 e. The fourth-order valence-corrected chi connectivity index (χ4v) is 3.21. The number of rotatable bonds is 9. The summed E-state index contributed by atoms with van der Waals surface area (Å²) in [6.45, 7) is 2.82. The van der Waals surface area contributed by atoms with Gasteiger partial charge in [-0.3, -0.25) is 9.36 Å². The summed E-state index contributed by atoms with van der Waals surface area (Å²) in [6, 6.07) is 10.0. The first-order valence-corrected chi connectivity index (χ1v) is 9.79. The van der Waals surface area contributed by atoms with Crippen molar-refractivity contribution in [2.45, 2.75) is 39.2 Å². The first-order chi connectivity index (χ1) is 14.0. The smallest absolute Gasteiger partial charge is 0.328 e. The van der Waals surface area contributed by atoms with Gasteiger partial charge in [0, 0.05) is 6.54 Å². The van der Waals surface area contributed by atoms with E-state index in [1.807, 2.05) is 0 Å². The molecule has 2 aromatic carbocycles. The van der Waals surface area contributed by atoms with Crippen LogP contribution in [-0.2, 0) is 13.0 Å². The van der Waals surface area contributed by atoms with Gasteiger partial charge in [0.2, 0.25) is 0 Å². The predicted octanol–water partition coefficient (Wildman–Crippen LogP) is 3.22. The van der Waals surface area contributed by atoms with Gasteiger partial charge in [-0.15, -0.1) is 0 Å². The number of ether oxygens (including phenoxy) is 2. The van der Waals surface area contributed by atoms with Gasteiger partial charge in [0.05, 0.1) is 19.1 Å². The number of phenolic OH excluding ortho intramolecular Hbond substituents is 1. The monoisotopic (exact) mass is 398 g/mol. The lowest BCUT2D eigenvalue weighted by Crippen LogP contribution is -2.35. The molecule has 0 bridgehead atoms. The van der Waals surface area contributed by atoms with Crippen LogP contribution in [0, 0.1) is 0 Å².